The average Bonchev–Trinajstić information content (AvgIpc) is 1.66. The molecule has 6 aliphatic rings. The predicted molar refractivity (Wildman–Crippen MR) is 564 cm³/mol. The van der Waals surface area contributed by atoms with Crippen LogP contribution in [0.15, 0.2) is 238 Å². The molecule has 143 heavy (non-hydrogen) atoms. The number of amides is 7. The topological polar surface area (TPSA) is 375 Å². The number of allylic oxidation sites excluding steroid dienone is 4. The van der Waals surface area contributed by atoms with E-state index < -0.39 is 47.5 Å². The first-order chi connectivity index (χ1) is 69.2. The van der Waals surface area contributed by atoms with Gasteiger partial charge in [0.2, 0.25) is 5.91 Å². The number of methoxy groups -OCH3 is 2. The zero-order valence-electron chi connectivity index (χ0n) is 82.1. The highest BCUT2D eigenvalue weighted by atomic mass is 32.2. The van der Waals surface area contributed by atoms with Crippen molar-refractivity contribution in [1.29, 1.82) is 0 Å². The summed E-state index contributed by atoms with van der Waals surface area (Å²) in [6, 6.07) is 53.8. The molecule has 4 aliphatic heterocycles. The number of thioether (sulfide) groups is 3. The number of carbonyl (C=O) groups excluding carboxylic acids is 7. The molecule has 0 saturated carbocycles. The van der Waals surface area contributed by atoms with Crippen molar-refractivity contribution < 1.29 is 86.9 Å². The smallest absolute Gasteiger partial charge is 0.337 e. The molecule has 8 unspecified atom stereocenters. The number of carbonyl (C=O) groups is 10. The lowest BCUT2D eigenvalue weighted by molar-refractivity contribution is -0.144. The molecule has 14 rings (SSSR count). The summed E-state index contributed by atoms with van der Waals surface area (Å²) >= 11 is 7.44. The van der Waals surface area contributed by atoms with Gasteiger partial charge in [-0.1, -0.05) is 154 Å². The number of para-hydroxylation sites is 2. The first-order valence-corrected chi connectivity index (χ1v) is 53.1. The van der Waals surface area contributed by atoms with Crippen molar-refractivity contribution in [2.45, 2.75) is 147 Å². The number of aromatic carboxylic acids is 1. The van der Waals surface area contributed by atoms with Crippen LogP contribution in [0.5, 0.6) is 23.0 Å². The van der Waals surface area contributed by atoms with Crippen molar-refractivity contribution in [3.05, 3.63) is 257 Å². The molecule has 3 saturated heterocycles. The molecule has 0 aromatic heterocycles. The molecule has 7 amide bonds. The Morgan fingerprint density at radius 1 is 0.545 bits per heavy atom. The summed E-state index contributed by atoms with van der Waals surface area (Å²) in [5, 5.41) is 50.6. The van der Waals surface area contributed by atoms with Gasteiger partial charge in [-0.25, -0.2) is 19.2 Å². The Labute approximate surface area is 854 Å². The summed E-state index contributed by atoms with van der Waals surface area (Å²) in [5.41, 5.74) is 8.36. The normalized spacial score (nSPS) is 17.9. The van der Waals surface area contributed by atoms with Crippen molar-refractivity contribution in [3.8, 4) is 34.1 Å². The van der Waals surface area contributed by atoms with Gasteiger partial charge in [-0.05, 0) is 213 Å². The third-order valence-corrected chi connectivity index (χ3v) is 31.1. The minimum absolute atomic E-state index is 0.0694. The first kappa shape index (κ1) is 108. The van der Waals surface area contributed by atoms with Crippen molar-refractivity contribution >= 4 is 129 Å². The second-order valence-electron chi connectivity index (χ2n) is 36.6. The van der Waals surface area contributed by atoms with Gasteiger partial charge in [-0.15, -0.1) is 35.3 Å². The maximum absolute atomic E-state index is 13.5. The molecular weight excluding hydrogens is 1890 g/mol. The zero-order chi connectivity index (χ0) is 101. The number of anilines is 4. The van der Waals surface area contributed by atoms with Crippen LogP contribution >= 0.6 is 47.0 Å². The predicted octanol–water partition coefficient (Wildman–Crippen LogP) is 18.4. The monoisotopic (exact) mass is 2020 g/mol. The van der Waals surface area contributed by atoms with Gasteiger partial charge >= 0.3 is 30.0 Å². The molecule has 10 N–H and O–H groups in total. The molecule has 8 atom stereocenters. The molecule has 33 heteroatoms. The van der Waals surface area contributed by atoms with E-state index in [1.807, 2.05) is 64.0 Å². The summed E-state index contributed by atoms with van der Waals surface area (Å²) < 4.78 is 28.3. The molecular formula is C110H131N11O18S4. The fraction of sp³-hybridized carbons (Fsp3) is 0.400. The number of carboxylic acids is 3. The van der Waals surface area contributed by atoms with Gasteiger partial charge < -0.3 is 86.0 Å². The molecule has 29 nitrogen and oxygen atoms in total. The Morgan fingerprint density at radius 3 is 1.82 bits per heavy atom. The van der Waals surface area contributed by atoms with E-state index in [9.17, 15) is 63.3 Å². The molecule has 4 heterocycles. The van der Waals surface area contributed by atoms with E-state index in [4.69, 9.17) is 23.7 Å². The molecule has 0 bridgehead atoms. The quantitative estimate of drug-likeness (QED) is 0.0125. The van der Waals surface area contributed by atoms with Crippen LogP contribution < -0.4 is 51.4 Å². The van der Waals surface area contributed by atoms with Crippen LogP contribution in [-0.2, 0) is 45.3 Å². The van der Waals surface area contributed by atoms with Gasteiger partial charge in [0.1, 0.15) is 35.6 Å². The summed E-state index contributed by atoms with van der Waals surface area (Å²) in [6.07, 6.45) is 26.5. The lowest BCUT2D eigenvalue weighted by atomic mass is 9.82. The zero-order valence-corrected chi connectivity index (χ0v) is 85.4. The van der Waals surface area contributed by atoms with Crippen molar-refractivity contribution in [2.75, 3.05) is 142 Å². The minimum atomic E-state index is -1.13. The van der Waals surface area contributed by atoms with Crippen LogP contribution in [0.2, 0.25) is 0 Å². The number of hydrogen-bond acceptors (Lipinski definition) is 23. The number of hydrogen-bond donors (Lipinski definition) is 10. The van der Waals surface area contributed by atoms with Crippen LogP contribution in [0.4, 0.5) is 32.3 Å². The Bertz CT molecular complexity index is 5880. The molecule has 8 aromatic rings. The summed E-state index contributed by atoms with van der Waals surface area (Å²) in [6.45, 7) is 12.8. The highest BCUT2D eigenvalue weighted by molar-refractivity contribution is 8.02. The third kappa shape index (κ3) is 30.9. The number of carboxylic acid groups (broad SMARTS) is 3. The molecule has 2 aliphatic carbocycles. The van der Waals surface area contributed by atoms with E-state index in [0.717, 1.165) is 56.6 Å². The average molecular weight is 2020 g/mol. The number of unbranched alkanes of at least 4 members (excludes halogenated alkanes) is 2. The SMILES string of the molecule is CCC(C)(C)c1ccc(Oc2cccc(C(=O)NCC(=O)CCCOCCOCC(=O)NC(CCCCNC(=O)N3CCN(C4CC5C=CC=CC5SC5C=CC(SC)=CC54)CC3)C(=O)O)c2)cc1.COc1cc(-c2ccc(Nc3ccccc3C(=O)NCC(=O)CC(CCCCNC(=O)N3CCN(C4Cc5ccccc5Sc5ccc(SC)cc54)CC3)C(=O)O)c(OC)c2)ccc1Nc1ccccc1C(=O)O. The Kier molecular flexibility index (Phi) is 40.6. The van der Waals surface area contributed by atoms with E-state index in [2.05, 4.69) is 189 Å². The molecule has 3 fully saturated rings. The molecule has 0 radical (unpaired) electrons. The Hall–Kier alpha value is -12.3. The fourth-order valence-corrected chi connectivity index (χ4v) is 21.9. The van der Waals surface area contributed by atoms with E-state index in [1.165, 1.54) is 56.6 Å². The van der Waals surface area contributed by atoms with Crippen molar-refractivity contribution in [1.82, 2.24) is 46.2 Å². The Morgan fingerprint density at radius 2 is 1.17 bits per heavy atom. The summed E-state index contributed by atoms with van der Waals surface area (Å²) in [5.74, 6) is -3.12. The van der Waals surface area contributed by atoms with Crippen molar-refractivity contribution in [3.63, 3.8) is 0 Å². The third-order valence-electron chi connectivity index (χ3n) is 26.8. The van der Waals surface area contributed by atoms with E-state index in [0.29, 0.717) is 151 Å². The van der Waals surface area contributed by atoms with Crippen LogP contribution in [0.3, 0.4) is 0 Å². The summed E-state index contributed by atoms with van der Waals surface area (Å²) in [4.78, 5) is 140. The number of aliphatic carboxylic acids is 2. The maximum Gasteiger partial charge on any atom is 0.337 e. The van der Waals surface area contributed by atoms with Gasteiger partial charge in [-0.2, -0.15) is 0 Å². The van der Waals surface area contributed by atoms with Gasteiger partial charge in [0.05, 0.1) is 80.3 Å². The van der Waals surface area contributed by atoms with Crippen LogP contribution in [-0.4, -0.2) is 248 Å². The van der Waals surface area contributed by atoms with E-state index in [1.54, 1.807) is 96.3 Å². The number of ketones is 2. The number of ether oxygens (including phenoxy) is 5. The van der Waals surface area contributed by atoms with Gasteiger partial charge in [-0.3, -0.25) is 38.6 Å². The number of urea groups is 2. The van der Waals surface area contributed by atoms with Gasteiger partial charge in [0, 0.05) is 139 Å². The highest BCUT2D eigenvalue weighted by Gasteiger charge is 2.43. The first-order valence-electron chi connectivity index (χ1n) is 48.9. The van der Waals surface area contributed by atoms with E-state index in [-0.39, 0.29) is 112 Å². The van der Waals surface area contributed by atoms with Gasteiger partial charge in [0.15, 0.2) is 11.6 Å². The summed E-state index contributed by atoms with van der Waals surface area (Å²) in [7, 11) is 3.06. The second kappa shape index (κ2) is 53.8. The van der Waals surface area contributed by atoms with Crippen LogP contribution in [0, 0.1) is 17.8 Å². The minimum Gasteiger partial charge on any atom is -0.495 e. The van der Waals surface area contributed by atoms with Crippen LogP contribution in [0.1, 0.15) is 145 Å². The number of piperazine rings is 2. The molecule has 8 aromatic carbocycles. The number of Topliss-reactive ketones (excluding diaryl/α,β-unsaturated/α-hetero) is 2. The largest absolute Gasteiger partial charge is 0.495 e. The lowest BCUT2D eigenvalue weighted by Crippen LogP contribution is -2.56. The number of benzene rings is 8. The molecule has 758 valence electrons. The Balaban J connectivity index is 0.000000241. The second-order valence-corrected chi connectivity index (χ2v) is 40.8. The van der Waals surface area contributed by atoms with Crippen LogP contribution in [0.25, 0.3) is 11.1 Å². The number of fused-ring (bicyclic) bond motifs is 4. The number of nitrogens with zero attached hydrogens (tertiary/aromatic N) is 4. The standard InChI is InChI=1S/C57H60N6O9S2.C53H71N5O9S2/c1-71-50-32-36(37-20-23-48(51(33-37)72-2)61-46-17-8-6-15-43(46)56(68)69)19-22-47(50)60-45-16-7-5-14-42(45)54(65)59-35-40(64)30-39(55(66)67)13-10-11-25-58-57(70)63-28-26-62(27-29-63)49-31-38-12-4-9-18-52(38)74-53-24-21-41(73-3)34-44(49)53;1-5-53(2,3)39-18-20-41(21-19-39)67-42-15-10-13-38(32-42)50(61)55-35-40(59)14-11-29-65-30-31-66-36-49(60)56-45(51(62)63)16-8-9-24-54-52(64)58-27-25-57(26-28-58)46-33-37-12-6-7-17-47(37)69-48-23-22-43(68-4)34-44(46)48/h4-9,12,14-24,32-34,39,49,60-61H,10-11,13,25-31,35H2,1-3H3,(H,58,70)(H,59,65)(H,66,67)(H,68,69);6-7,10,12-13,15,17-23,32,34,37,44-48H,5,8-9,11,14,16,24-31,33,35-36H2,1-4H3,(H,54,64)(H,55,61)(H,56,60)(H,62,63). The lowest BCUT2D eigenvalue weighted by Gasteiger charge is -2.43. The molecule has 0 spiro atoms. The number of rotatable bonds is 46. The van der Waals surface area contributed by atoms with E-state index >= 15 is 0 Å². The van der Waals surface area contributed by atoms with Gasteiger partial charge in [0.25, 0.3) is 11.8 Å². The maximum atomic E-state index is 13.5. The number of nitrogens with one attached hydrogen (secondary N) is 7. The van der Waals surface area contributed by atoms with Crippen molar-refractivity contribution in [2.24, 2.45) is 17.8 Å². The fourth-order valence-electron chi connectivity index (χ4n) is 18.3. The highest BCUT2D eigenvalue weighted by Crippen LogP contribution is 2.48.